The Morgan fingerprint density at radius 3 is 3.18 bits per heavy atom. The number of hydrogen-bond donors (Lipinski definition) is 2. The Labute approximate surface area is 102 Å². The average molecular weight is 240 g/mol. The van der Waals surface area contributed by atoms with Crippen LogP contribution in [0.3, 0.4) is 0 Å². The maximum absolute atomic E-state index is 11.5. The van der Waals surface area contributed by atoms with Gasteiger partial charge in [0.1, 0.15) is 0 Å². The van der Waals surface area contributed by atoms with Crippen LogP contribution in [-0.2, 0) is 9.53 Å². The molecule has 0 aromatic rings. The van der Waals surface area contributed by atoms with Crippen molar-refractivity contribution in [2.24, 2.45) is 5.73 Å². The zero-order valence-corrected chi connectivity index (χ0v) is 10.2. The summed E-state index contributed by atoms with van der Waals surface area (Å²) in [6.45, 7) is 4.70. The second kappa shape index (κ2) is 7.22. The summed E-state index contributed by atoms with van der Waals surface area (Å²) in [6, 6.07) is 1.96. The van der Waals surface area contributed by atoms with Crippen LogP contribution in [0, 0.1) is 11.3 Å². The quantitative estimate of drug-likeness (QED) is 0.605. The maximum atomic E-state index is 11.5. The van der Waals surface area contributed by atoms with E-state index in [1.54, 1.807) is 0 Å². The van der Waals surface area contributed by atoms with Crippen molar-refractivity contribution in [1.82, 2.24) is 10.2 Å². The number of ether oxygens (including phenoxy) is 1. The minimum Gasteiger partial charge on any atom is -0.374 e. The average Bonchev–Trinajstić information content (AvgIpc) is 2.29. The van der Waals surface area contributed by atoms with E-state index < -0.39 is 0 Å². The van der Waals surface area contributed by atoms with Gasteiger partial charge in [0.05, 0.1) is 31.7 Å². The largest absolute Gasteiger partial charge is 0.374 e. The Kier molecular flexibility index (Phi) is 5.91. The third kappa shape index (κ3) is 5.13. The van der Waals surface area contributed by atoms with E-state index in [-0.39, 0.29) is 18.1 Å². The van der Waals surface area contributed by atoms with Crippen LogP contribution in [0.15, 0.2) is 0 Å². The molecule has 1 amide bonds. The summed E-state index contributed by atoms with van der Waals surface area (Å²) in [7, 11) is 0. The Bertz CT molecular complexity index is 288. The fourth-order valence-corrected chi connectivity index (χ4v) is 1.71. The van der Waals surface area contributed by atoms with Gasteiger partial charge >= 0.3 is 0 Å². The van der Waals surface area contributed by atoms with Crippen LogP contribution >= 0.6 is 0 Å². The van der Waals surface area contributed by atoms with Crippen LogP contribution in [0.4, 0.5) is 0 Å². The van der Waals surface area contributed by atoms with E-state index in [2.05, 4.69) is 5.32 Å². The van der Waals surface area contributed by atoms with E-state index in [1.807, 2.05) is 17.9 Å². The molecule has 0 radical (unpaired) electrons. The van der Waals surface area contributed by atoms with Crippen molar-refractivity contribution in [3.63, 3.8) is 0 Å². The number of nitriles is 1. The predicted octanol–water partition coefficient (Wildman–Crippen LogP) is -0.936. The molecule has 0 spiro atoms. The molecule has 0 aliphatic carbocycles. The van der Waals surface area contributed by atoms with Gasteiger partial charge in [0.15, 0.2) is 0 Å². The van der Waals surface area contributed by atoms with Gasteiger partial charge in [0, 0.05) is 25.7 Å². The molecule has 1 fully saturated rings. The highest BCUT2D eigenvalue weighted by molar-refractivity contribution is 5.78. The third-order valence-electron chi connectivity index (χ3n) is 2.69. The molecule has 2 unspecified atom stereocenters. The van der Waals surface area contributed by atoms with Crippen LogP contribution in [0.25, 0.3) is 0 Å². The number of carbonyl (C=O) groups is 1. The highest BCUT2D eigenvalue weighted by Gasteiger charge is 2.24. The van der Waals surface area contributed by atoms with Crippen molar-refractivity contribution in [2.75, 3.05) is 32.8 Å². The molecule has 0 bridgehead atoms. The normalized spacial score (nSPS) is 22.8. The van der Waals surface area contributed by atoms with E-state index in [0.29, 0.717) is 32.7 Å². The van der Waals surface area contributed by atoms with Gasteiger partial charge in [-0.05, 0) is 6.92 Å². The van der Waals surface area contributed by atoms with Crippen molar-refractivity contribution < 1.29 is 9.53 Å². The van der Waals surface area contributed by atoms with Crippen LogP contribution in [0.5, 0.6) is 0 Å². The van der Waals surface area contributed by atoms with E-state index >= 15 is 0 Å². The number of hydrogen-bond acceptors (Lipinski definition) is 5. The molecular weight excluding hydrogens is 220 g/mol. The van der Waals surface area contributed by atoms with Gasteiger partial charge in [-0.15, -0.1) is 0 Å². The number of carbonyl (C=O) groups excluding carboxylic acids is 1. The Morgan fingerprint density at radius 2 is 2.53 bits per heavy atom. The molecule has 0 aromatic heterocycles. The lowest BCUT2D eigenvalue weighted by molar-refractivity contribution is -0.124. The molecular formula is C11H20N4O2. The lowest BCUT2D eigenvalue weighted by Gasteiger charge is -2.34. The summed E-state index contributed by atoms with van der Waals surface area (Å²) < 4.78 is 5.51. The fraction of sp³-hybridized carbons (Fsp3) is 0.818. The molecule has 17 heavy (non-hydrogen) atoms. The van der Waals surface area contributed by atoms with Crippen molar-refractivity contribution >= 4 is 5.91 Å². The molecule has 1 saturated heterocycles. The number of rotatable bonds is 5. The number of nitrogens with two attached hydrogens (primary N) is 1. The van der Waals surface area contributed by atoms with E-state index in [0.717, 1.165) is 6.54 Å². The van der Waals surface area contributed by atoms with Crippen LogP contribution in [-0.4, -0.2) is 55.7 Å². The van der Waals surface area contributed by atoms with E-state index in [9.17, 15) is 4.79 Å². The summed E-state index contributed by atoms with van der Waals surface area (Å²) in [5, 5.41) is 11.1. The van der Waals surface area contributed by atoms with E-state index in [1.165, 1.54) is 0 Å². The second-order valence-corrected chi connectivity index (χ2v) is 4.26. The lowest BCUT2D eigenvalue weighted by Crippen LogP contribution is -2.51. The van der Waals surface area contributed by atoms with Crippen LogP contribution in [0.2, 0.25) is 0 Å². The van der Waals surface area contributed by atoms with Crippen LogP contribution < -0.4 is 11.1 Å². The zero-order chi connectivity index (χ0) is 12.7. The van der Waals surface area contributed by atoms with Gasteiger partial charge in [0.2, 0.25) is 5.91 Å². The molecule has 2 atom stereocenters. The molecule has 1 aliphatic heterocycles. The summed E-state index contributed by atoms with van der Waals surface area (Å²) >= 11 is 0. The number of morpholine rings is 1. The molecule has 1 heterocycles. The first-order chi connectivity index (χ1) is 8.13. The first-order valence-corrected chi connectivity index (χ1v) is 5.86. The van der Waals surface area contributed by atoms with Crippen molar-refractivity contribution in [3.05, 3.63) is 0 Å². The molecule has 3 N–H and O–H groups in total. The van der Waals surface area contributed by atoms with Crippen LogP contribution in [0.1, 0.15) is 13.3 Å². The first-order valence-electron chi connectivity index (χ1n) is 5.86. The Balaban J connectivity index is 2.26. The zero-order valence-electron chi connectivity index (χ0n) is 10.2. The number of amides is 1. The van der Waals surface area contributed by atoms with Crippen molar-refractivity contribution in [3.8, 4) is 6.07 Å². The van der Waals surface area contributed by atoms with Crippen molar-refractivity contribution in [2.45, 2.75) is 25.5 Å². The summed E-state index contributed by atoms with van der Waals surface area (Å²) in [4.78, 5) is 13.6. The number of nitrogens with zero attached hydrogens (tertiary/aromatic N) is 2. The van der Waals surface area contributed by atoms with Gasteiger partial charge in [-0.2, -0.15) is 5.26 Å². The minimum absolute atomic E-state index is 0.00402. The molecule has 6 nitrogen and oxygen atoms in total. The number of nitrogens with one attached hydrogen (secondary N) is 1. The summed E-state index contributed by atoms with van der Waals surface area (Å²) in [5.41, 5.74) is 5.77. The van der Waals surface area contributed by atoms with E-state index in [4.69, 9.17) is 15.7 Å². The Morgan fingerprint density at radius 1 is 1.76 bits per heavy atom. The fourth-order valence-electron chi connectivity index (χ4n) is 1.71. The maximum Gasteiger partial charge on any atom is 0.234 e. The third-order valence-corrected chi connectivity index (χ3v) is 2.69. The topological polar surface area (TPSA) is 91.4 Å². The molecule has 96 valence electrons. The molecule has 0 aromatic carbocycles. The van der Waals surface area contributed by atoms with Gasteiger partial charge in [-0.1, -0.05) is 0 Å². The minimum atomic E-state index is -0.0504. The molecule has 0 saturated carbocycles. The second-order valence-electron chi connectivity index (χ2n) is 4.26. The lowest BCUT2D eigenvalue weighted by atomic mass is 10.1. The highest BCUT2D eigenvalue weighted by atomic mass is 16.5. The first kappa shape index (κ1) is 13.9. The Hall–Kier alpha value is -1.16. The standard InChI is InChI=1S/C11H20N4O2/c1-9(13)10-7-15(5-6-17-10)8-11(16)14-4-2-3-12/h9-10H,2,4-8,13H2,1H3,(H,14,16). The predicted molar refractivity (Wildman–Crippen MR) is 63.1 cm³/mol. The van der Waals surface area contributed by atoms with Gasteiger partial charge in [-0.25, -0.2) is 0 Å². The van der Waals surface area contributed by atoms with Gasteiger partial charge in [-0.3, -0.25) is 9.69 Å². The monoisotopic (exact) mass is 240 g/mol. The molecule has 1 aliphatic rings. The summed E-state index contributed by atoms with van der Waals surface area (Å²) in [5.74, 6) is -0.0504. The SMILES string of the molecule is CC(N)C1CN(CC(=O)NCCC#N)CCO1. The molecule has 1 rings (SSSR count). The van der Waals surface area contributed by atoms with Gasteiger partial charge in [0.25, 0.3) is 0 Å². The van der Waals surface area contributed by atoms with Crippen molar-refractivity contribution in [1.29, 1.82) is 5.26 Å². The smallest absolute Gasteiger partial charge is 0.234 e. The highest BCUT2D eigenvalue weighted by Crippen LogP contribution is 2.07. The van der Waals surface area contributed by atoms with Gasteiger partial charge < -0.3 is 15.8 Å². The molecule has 6 heteroatoms. The summed E-state index contributed by atoms with van der Waals surface area (Å²) in [6.07, 6.45) is 0.341.